The van der Waals surface area contributed by atoms with Crippen molar-refractivity contribution in [3.8, 4) is 6.07 Å². The van der Waals surface area contributed by atoms with E-state index in [9.17, 15) is 15.2 Å². The molecule has 1 heterocycles. The minimum absolute atomic E-state index is 0.252. The van der Waals surface area contributed by atoms with Gasteiger partial charge in [-0.05, 0) is 26.0 Å². The molecule has 0 saturated carbocycles. The molecule has 2 rings (SSSR count). The topological polar surface area (TPSA) is 64.3 Å². The molecular weight excluding hydrogens is 287 g/mol. The maximum atomic E-state index is 12.5. The Kier molecular flexibility index (Phi) is 3.48. The van der Waals surface area contributed by atoms with E-state index < -0.39 is 11.6 Å². The van der Waals surface area contributed by atoms with Crippen molar-refractivity contribution in [1.82, 2.24) is 4.90 Å². The highest BCUT2D eigenvalue weighted by Gasteiger charge is 2.46. The SMILES string of the molecule is CC(C)(CO)N1C(=O)c2c(Cl)ccc(Cl)c2C1C#N. The minimum atomic E-state index is -0.872. The highest BCUT2D eigenvalue weighted by molar-refractivity contribution is 6.37. The minimum Gasteiger partial charge on any atom is -0.394 e. The monoisotopic (exact) mass is 298 g/mol. The first-order valence-corrected chi connectivity index (χ1v) is 6.42. The van der Waals surface area contributed by atoms with Gasteiger partial charge < -0.3 is 10.0 Å². The predicted octanol–water partition coefficient (Wildman–Crippen LogP) is 2.78. The van der Waals surface area contributed by atoms with E-state index in [0.717, 1.165) is 0 Å². The molecule has 0 aliphatic carbocycles. The van der Waals surface area contributed by atoms with Crippen molar-refractivity contribution in [3.05, 3.63) is 33.3 Å². The number of carbonyl (C=O) groups excluding carboxylic acids is 1. The number of nitrogens with zero attached hydrogens (tertiary/aromatic N) is 2. The van der Waals surface area contributed by atoms with Crippen LogP contribution in [-0.4, -0.2) is 28.1 Å². The fraction of sp³-hybridized carbons (Fsp3) is 0.385. The zero-order chi connectivity index (χ0) is 14.4. The van der Waals surface area contributed by atoms with Crippen LogP contribution in [-0.2, 0) is 0 Å². The van der Waals surface area contributed by atoms with Crippen molar-refractivity contribution in [2.75, 3.05) is 6.61 Å². The van der Waals surface area contributed by atoms with Gasteiger partial charge in [-0.1, -0.05) is 23.2 Å². The first kappa shape index (κ1) is 14.1. The number of hydrogen-bond acceptors (Lipinski definition) is 3. The van der Waals surface area contributed by atoms with E-state index in [4.69, 9.17) is 23.2 Å². The molecule has 1 unspecified atom stereocenters. The molecule has 1 aromatic rings. The number of hydrogen-bond donors (Lipinski definition) is 1. The molecule has 1 atom stereocenters. The molecule has 100 valence electrons. The van der Waals surface area contributed by atoms with Gasteiger partial charge in [0.05, 0.1) is 28.8 Å². The molecule has 1 amide bonds. The Morgan fingerprint density at radius 1 is 1.42 bits per heavy atom. The number of benzene rings is 1. The first-order chi connectivity index (χ1) is 8.85. The first-order valence-electron chi connectivity index (χ1n) is 5.67. The van der Waals surface area contributed by atoms with E-state index in [1.807, 2.05) is 0 Å². The lowest BCUT2D eigenvalue weighted by Crippen LogP contribution is -2.48. The second kappa shape index (κ2) is 4.68. The average molecular weight is 299 g/mol. The van der Waals surface area contributed by atoms with Gasteiger partial charge in [0.15, 0.2) is 0 Å². The van der Waals surface area contributed by atoms with Crippen LogP contribution in [0.2, 0.25) is 10.0 Å². The Hall–Kier alpha value is -1.28. The molecule has 0 spiro atoms. The van der Waals surface area contributed by atoms with Gasteiger partial charge in [0, 0.05) is 10.6 Å². The standard InChI is InChI=1S/C13H12Cl2N2O2/c1-13(2,6-18)17-9(5-16)10-7(14)3-4-8(15)11(10)12(17)19/h3-4,9,18H,6H2,1-2H3. The second-order valence-corrected chi connectivity index (χ2v) is 5.81. The quantitative estimate of drug-likeness (QED) is 0.913. The highest BCUT2D eigenvalue weighted by atomic mass is 35.5. The van der Waals surface area contributed by atoms with E-state index in [1.165, 1.54) is 11.0 Å². The van der Waals surface area contributed by atoms with Gasteiger partial charge in [0.25, 0.3) is 5.91 Å². The Labute approximate surface area is 121 Å². The van der Waals surface area contributed by atoms with E-state index in [0.29, 0.717) is 10.6 Å². The van der Waals surface area contributed by atoms with Gasteiger partial charge in [0.2, 0.25) is 0 Å². The fourth-order valence-corrected chi connectivity index (χ4v) is 2.75. The lowest BCUT2D eigenvalue weighted by molar-refractivity contribution is 0.0337. The number of halogens is 2. The van der Waals surface area contributed by atoms with E-state index in [-0.39, 0.29) is 23.1 Å². The Morgan fingerprint density at radius 3 is 2.53 bits per heavy atom. The number of fused-ring (bicyclic) bond motifs is 1. The number of rotatable bonds is 2. The van der Waals surface area contributed by atoms with Crippen molar-refractivity contribution >= 4 is 29.1 Å². The van der Waals surface area contributed by atoms with Crippen LogP contribution in [0.15, 0.2) is 12.1 Å². The van der Waals surface area contributed by atoms with Gasteiger partial charge in [-0.25, -0.2) is 0 Å². The normalized spacial score (nSPS) is 18.4. The molecule has 1 aliphatic rings. The summed E-state index contributed by atoms with van der Waals surface area (Å²) >= 11 is 12.1. The summed E-state index contributed by atoms with van der Waals surface area (Å²) in [7, 11) is 0. The summed E-state index contributed by atoms with van der Waals surface area (Å²) in [6.45, 7) is 3.10. The van der Waals surface area contributed by atoms with Gasteiger partial charge in [-0.15, -0.1) is 0 Å². The summed E-state index contributed by atoms with van der Waals surface area (Å²) in [6.07, 6.45) is 0. The van der Waals surface area contributed by atoms with Gasteiger partial charge in [0.1, 0.15) is 6.04 Å². The molecule has 1 N–H and O–H groups in total. The van der Waals surface area contributed by atoms with Crippen LogP contribution in [0.5, 0.6) is 0 Å². The van der Waals surface area contributed by atoms with Crippen molar-refractivity contribution < 1.29 is 9.90 Å². The summed E-state index contributed by atoms with van der Waals surface area (Å²) in [5.74, 6) is -0.381. The van der Waals surface area contributed by atoms with Crippen LogP contribution in [0.25, 0.3) is 0 Å². The molecule has 0 bridgehead atoms. The van der Waals surface area contributed by atoms with Crippen molar-refractivity contribution in [2.24, 2.45) is 0 Å². The number of nitriles is 1. The maximum Gasteiger partial charge on any atom is 0.257 e. The molecule has 6 heteroatoms. The molecule has 0 aromatic heterocycles. The Morgan fingerprint density at radius 2 is 2.00 bits per heavy atom. The maximum absolute atomic E-state index is 12.5. The fourth-order valence-electron chi connectivity index (χ4n) is 2.24. The average Bonchev–Trinajstić information content (AvgIpc) is 2.68. The molecular formula is C13H12Cl2N2O2. The van der Waals surface area contributed by atoms with Crippen molar-refractivity contribution in [1.29, 1.82) is 5.26 Å². The van der Waals surface area contributed by atoms with Crippen LogP contribution in [0, 0.1) is 11.3 Å². The Bertz CT molecular complexity index is 593. The summed E-state index contributed by atoms with van der Waals surface area (Å²) in [6, 6.07) is 4.32. The van der Waals surface area contributed by atoms with E-state index >= 15 is 0 Å². The molecule has 1 aromatic carbocycles. The van der Waals surface area contributed by atoms with Gasteiger partial charge in [-0.3, -0.25) is 4.79 Å². The summed E-state index contributed by atoms with van der Waals surface area (Å²) in [4.78, 5) is 13.8. The van der Waals surface area contributed by atoms with Crippen molar-refractivity contribution in [2.45, 2.75) is 25.4 Å². The van der Waals surface area contributed by atoms with Gasteiger partial charge in [-0.2, -0.15) is 5.26 Å². The predicted molar refractivity (Wildman–Crippen MR) is 72.2 cm³/mol. The van der Waals surface area contributed by atoms with Crippen LogP contribution < -0.4 is 0 Å². The number of carbonyl (C=O) groups is 1. The molecule has 4 nitrogen and oxygen atoms in total. The molecule has 0 saturated heterocycles. The lowest BCUT2D eigenvalue weighted by Gasteiger charge is -2.36. The zero-order valence-electron chi connectivity index (χ0n) is 10.4. The Balaban J connectivity index is 2.69. The van der Waals surface area contributed by atoms with Crippen LogP contribution in [0.4, 0.5) is 0 Å². The smallest absolute Gasteiger partial charge is 0.257 e. The third-order valence-electron chi connectivity index (χ3n) is 3.27. The summed E-state index contributed by atoms with van der Waals surface area (Å²) in [5.41, 5.74) is -0.200. The molecule has 0 fully saturated rings. The van der Waals surface area contributed by atoms with Crippen LogP contribution in [0.1, 0.15) is 35.8 Å². The van der Waals surface area contributed by atoms with Crippen molar-refractivity contribution in [3.63, 3.8) is 0 Å². The third kappa shape index (κ3) is 1.99. The van der Waals surface area contributed by atoms with Gasteiger partial charge >= 0.3 is 0 Å². The van der Waals surface area contributed by atoms with Crippen LogP contribution in [0.3, 0.4) is 0 Å². The summed E-state index contributed by atoms with van der Waals surface area (Å²) < 4.78 is 0. The summed E-state index contributed by atoms with van der Waals surface area (Å²) in [5, 5.41) is 19.4. The molecule has 0 radical (unpaired) electrons. The largest absolute Gasteiger partial charge is 0.394 e. The zero-order valence-corrected chi connectivity index (χ0v) is 12.0. The lowest BCUT2D eigenvalue weighted by atomic mass is 10.0. The molecule has 1 aliphatic heterocycles. The third-order valence-corrected chi connectivity index (χ3v) is 3.91. The number of aliphatic hydroxyl groups is 1. The van der Waals surface area contributed by atoms with E-state index in [2.05, 4.69) is 6.07 Å². The highest BCUT2D eigenvalue weighted by Crippen LogP contribution is 2.44. The van der Waals surface area contributed by atoms with E-state index in [1.54, 1.807) is 19.9 Å². The number of aliphatic hydroxyl groups excluding tert-OH is 1. The van der Waals surface area contributed by atoms with Crippen LogP contribution >= 0.6 is 23.2 Å². The number of amides is 1. The molecule has 19 heavy (non-hydrogen) atoms. The second-order valence-electron chi connectivity index (χ2n) is 5.00.